The third-order valence-electron chi connectivity index (χ3n) is 6.12. The molecule has 8 heteroatoms. The molecule has 2 saturated heterocycles. The van der Waals surface area contributed by atoms with Crippen molar-refractivity contribution < 1.29 is 13.0 Å². The molecule has 3 atom stereocenters. The Labute approximate surface area is 159 Å². The number of hydrogen-bond donors (Lipinski definition) is 3. The van der Waals surface area contributed by atoms with Crippen molar-refractivity contribution in [3.8, 4) is 0 Å². The molecule has 0 aliphatic carbocycles. The first-order valence-electron chi connectivity index (χ1n) is 9.75. The molecule has 5 aliphatic rings. The maximum absolute atomic E-state index is 12.2. The van der Waals surface area contributed by atoms with E-state index in [-0.39, 0.29) is 23.0 Å². The summed E-state index contributed by atoms with van der Waals surface area (Å²) in [7, 11) is -4.30. The predicted octanol–water partition coefficient (Wildman–Crippen LogP) is 2.21. The van der Waals surface area contributed by atoms with E-state index in [2.05, 4.69) is 21.7 Å². The van der Waals surface area contributed by atoms with Crippen LogP contribution < -0.4 is 10.6 Å². The van der Waals surface area contributed by atoms with E-state index in [1.807, 2.05) is 6.08 Å². The van der Waals surface area contributed by atoms with Crippen molar-refractivity contribution in [2.75, 3.05) is 0 Å². The van der Waals surface area contributed by atoms with Gasteiger partial charge in [0.2, 0.25) is 0 Å². The molecule has 0 aromatic carbocycles. The Morgan fingerprint density at radius 2 is 1.74 bits per heavy atom. The molecule has 0 spiro atoms. The standard InChI is InChI=1S/C19H24N4O3S/c24-27(25,26)19-17-6-4-14(22-17)10-12-2-1-11(20-12)9-13-3-5-15(21-13)16-7-8-18(19)23-16/h9-10,15-16,18,20,23H,1-8H2,(H,24,25,26). The molecular formula is C19H24N4O3S. The van der Waals surface area contributed by atoms with Crippen LogP contribution in [-0.2, 0) is 10.1 Å². The molecule has 7 nitrogen and oxygen atoms in total. The largest absolute Gasteiger partial charge is 0.362 e. The topological polar surface area (TPSA) is 103 Å². The van der Waals surface area contributed by atoms with Gasteiger partial charge in [0, 0.05) is 34.9 Å². The summed E-state index contributed by atoms with van der Waals surface area (Å²) in [5.41, 5.74) is 4.80. The maximum Gasteiger partial charge on any atom is 0.294 e. The number of allylic oxidation sites excluding steroid dienone is 5. The second kappa shape index (κ2) is 6.39. The zero-order chi connectivity index (χ0) is 18.6. The van der Waals surface area contributed by atoms with Crippen molar-refractivity contribution >= 4 is 21.5 Å². The highest BCUT2D eigenvalue weighted by molar-refractivity contribution is 7.89. The number of nitrogens with zero attached hydrogens (tertiary/aromatic N) is 2. The molecule has 0 amide bonds. The molecule has 27 heavy (non-hydrogen) atoms. The van der Waals surface area contributed by atoms with Crippen LogP contribution in [0.25, 0.3) is 0 Å². The van der Waals surface area contributed by atoms with Crippen molar-refractivity contribution in [1.82, 2.24) is 10.6 Å². The third kappa shape index (κ3) is 3.30. The SMILES string of the molecule is O=S(=O)(O)C1=C2CCC(=N2)C=C2CCC(=CC3=NC(CC3)C3CCC1N3)N2. The zero-order valence-electron chi connectivity index (χ0n) is 15.1. The lowest BCUT2D eigenvalue weighted by Crippen LogP contribution is -2.39. The number of nitrogens with one attached hydrogen (secondary N) is 2. The Morgan fingerprint density at radius 3 is 2.52 bits per heavy atom. The monoisotopic (exact) mass is 388 g/mol. The van der Waals surface area contributed by atoms with Crippen molar-refractivity contribution in [3.05, 3.63) is 34.1 Å². The highest BCUT2D eigenvalue weighted by Gasteiger charge is 2.39. The predicted molar refractivity (Wildman–Crippen MR) is 104 cm³/mol. The van der Waals surface area contributed by atoms with Gasteiger partial charge < -0.3 is 10.6 Å². The van der Waals surface area contributed by atoms with Crippen LogP contribution in [0.1, 0.15) is 51.4 Å². The van der Waals surface area contributed by atoms with Crippen LogP contribution in [-0.4, -0.2) is 42.5 Å². The molecule has 8 bridgehead atoms. The fourth-order valence-electron chi connectivity index (χ4n) is 4.88. The maximum atomic E-state index is 12.2. The van der Waals surface area contributed by atoms with Crippen LogP contribution >= 0.6 is 0 Å². The molecule has 5 heterocycles. The summed E-state index contributed by atoms with van der Waals surface area (Å²) in [5, 5.41) is 6.90. The Hall–Kier alpha value is -1.77. The van der Waals surface area contributed by atoms with E-state index in [1.165, 1.54) is 5.70 Å². The van der Waals surface area contributed by atoms with E-state index in [1.54, 1.807) is 0 Å². The minimum absolute atomic E-state index is 0.0636. The molecule has 0 aromatic heterocycles. The van der Waals surface area contributed by atoms with Crippen LogP contribution in [0.15, 0.2) is 44.1 Å². The highest BCUT2D eigenvalue weighted by atomic mass is 32.2. The number of aliphatic imine (C=N–C) groups is 2. The van der Waals surface area contributed by atoms with Crippen LogP contribution in [0.2, 0.25) is 0 Å². The second-order valence-corrected chi connectivity index (χ2v) is 9.37. The fraction of sp³-hybridized carbons (Fsp3) is 0.579. The minimum atomic E-state index is -4.30. The first-order chi connectivity index (χ1) is 13.0. The summed E-state index contributed by atoms with van der Waals surface area (Å²) in [6.45, 7) is 0. The average Bonchev–Trinajstić information content (AvgIpc) is 3.35. The van der Waals surface area contributed by atoms with E-state index in [9.17, 15) is 13.0 Å². The molecule has 2 fully saturated rings. The summed E-state index contributed by atoms with van der Waals surface area (Å²) in [4.78, 5) is 9.54. The van der Waals surface area contributed by atoms with Gasteiger partial charge in [0.05, 0.1) is 11.7 Å². The molecule has 5 rings (SSSR count). The lowest BCUT2D eigenvalue weighted by Gasteiger charge is -2.19. The Balaban J connectivity index is 1.61. The molecule has 0 aromatic rings. The van der Waals surface area contributed by atoms with E-state index < -0.39 is 10.1 Å². The van der Waals surface area contributed by atoms with Crippen LogP contribution in [0, 0.1) is 0 Å². The number of hydrogen-bond acceptors (Lipinski definition) is 6. The fourth-order valence-corrected chi connectivity index (χ4v) is 5.87. The van der Waals surface area contributed by atoms with Crippen molar-refractivity contribution in [2.45, 2.75) is 69.5 Å². The van der Waals surface area contributed by atoms with Gasteiger partial charge in [-0.05, 0) is 63.5 Å². The Kier molecular flexibility index (Phi) is 4.10. The highest BCUT2D eigenvalue weighted by Crippen LogP contribution is 2.34. The molecule has 5 aliphatic heterocycles. The average molecular weight is 388 g/mol. The lowest BCUT2D eigenvalue weighted by molar-refractivity contribution is 0.462. The summed E-state index contributed by atoms with van der Waals surface area (Å²) in [5.74, 6) is 0. The van der Waals surface area contributed by atoms with Crippen LogP contribution in [0.3, 0.4) is 0 Å². The molecule has 3 N–H and O–H groups in total. The second-order valence-electron chi connectivity index (χ2n) is 7.98. The third-order valence-corrected chi connectivity index (χ3v) is 7.19. The Morgan fingerprint density at radius 1 is 0.963 bits per heavy atom. The van der Waals surface area contributed by atoms with Crippen LogP contribution in [0.4, 0.5) is 0 Å². The zero-order valence-corrected chi connectivity index (χ0v) is 15.9. The van der Waals surface area contributed by atoms with Gasteiger partial charge in [-0.25, -0.2) is 0 Å². The first kappa shape index (κ1) is 17.3. The van der Waals surface area contributed by atoms with Gasteiger partial charge in [-0.15, -0.1) is 0 Å². The number of rotatable bonds is 1. The molecule has 0 saturated carbocycles. The normalized spacial score (nSPS) is 33.0. The smallest absolute Gasteiger partial charge is 0.294 e. The van der Waals surface area contributed by atoms with Crippen molar-refractivity contribution in [1.29, 1.82) is 0 Å². The molecular weight excluding hydrogens is 364 g/mol. The summed E-state index contributed by atoms with van der Waals surface area (Å²) in [6, 6.07) is -0.0739. The van der Waals surface area contributed by atoms with Gasteiger partial charge in [0.1, 0.15) is 4.91 Å². The summed E-state index contributed by atoms with van der Waals surface area (Å²) in [6.07, 6.45) is 10.8. The Bertz CT molecular complexity index is 942. The van der Waals surface area contributed by atoms with Gasteiger partial charge in [-0.3, -0.25) is 14.5 Å². The summed E-state index contributed by atoms with van der Waals surface area (Å²) < 4.78 is 34.2. The summed E-state index contributed by atoms with van der Waals surface area (Å²) >= 11 is 0. The van der Waals surface area contributed by atoms with Crippen molar-refractivity contribution in [2.24, 2.45) is 9.98 Å². The van der Waals surface area contributed by atoms with Gasteiger partial charge in [-0.2, -0.15) is 8.42 Å². The molecule has 3 unspecified atom stereocenters. The quantitative estimate of drug-likeness (QED) is 0.598. The van der Waals surface area contributed by atoms with E-state index in [4.69, 9.17) is 4.99 Å². The molecule has 0 radical (unpaired) electrons. The van der Waals surface area contributed by atoms with E-state index >= 15 is 0 Å². The van der Waals surface area contributed by atoms with Gasteiger partial charge in [-0.1, -0.05) is 0 Å². The van der Waals surface area contributed by atoms with Crippen molar-refractivity contribution in [3.63, 3.8) is 0 Å². The van der Waals surface area contributed by atoms with Crippen LogP contribution in [0.5, 0.6) is 0 Å². The first-order valence-corrected chi connectivity index (χ1v) is 11.2. The van der Waals surface area contributed by atoms with E-state index in [0.717, 1.165) is 49.2 Å². The number of fused-ring (bicyclic) bond motifs is 7. The lowest BCUT2D eigenvalue weighted by atomic mass is 10.0. The van der Waals surface area contributed by atoms with E-state index in [0.29, 0.717) is 25.0 Å². The van der Waals surface area contributed by atoms with Gasteiger partial charge in [0.15, 0.2) is 0 Å². The van der Waals surface area contributed by atoms with Gasteiger partial charge >= 0.3 is 0 Å². The minimum Gasteiger partial charge on any atom is -0.362 e. The van der Waals surface area contributed by atoms with Gasteiger partial charge in [0.25, 0.3) is 10.1 Å². The molecule has 144 valence electrons.